The highest BCUT2D eigenvalue weighted by atomic mass is 32.2. The Kier molecular flexibility index (Phi) is 4.82. The number of hydrogen-bond donors (Lipinski definition) is 1. The van der Waals surface area contributed by atoms with Gasteiger partial charge in [-0.05, 0) is 48.9 Å². The van der Waals surface area contributed by atoms with E-state index in [0.29, 0.717) is 0 Å². The minimum Gasteiger partial charge on any atom is -0.375 e. The number of thioether (sulfide) groups is 1. The summed E-state index contributed by atoms with van der Waals surface area (Å²) in [7, 11) is 0. The Morgan fingerprint density at radius 3 is 2.48 bits per heavy atom. The molecule has 2 aliphatic rings. The standard InChI is InChI=1S/C23H29NS/c1-3-23(4-2)21-13-9-8-12-19(21)20-15-14-18(16-22(20)24-23)25-17-10-6-5-7-11-17/h8-9,12-17,24H,3-7,10-11H2,1-2H3. The van der Waals surface area contributed by atoms with Crippen molar-refractivity contribution in [3.63, 3.8) is 0 Å². The molecule has 0 atom stereocenters. The normalized spacial score (nSPS) is 19.0. The fraction of sp³-hybridized carbons (Fsp3) is 0.478. The second-order valence-electron chi connectivity index (χ2n) is 7.55. The molecule has 0 saturated heterocycles. The lowest BCUT2D eigenvalue weighted by atomic mass is 9.77. The number of anilines is 1. The van der Waals surface area contributed by atoms with Gasteiger partial charge in [-0.1, -0.05) is 63.4 Å². The number of fused-ring (bicyclic) bond motifs is 3. The first-order chi connectivity index (χ1) is 12.3. The molecular formula is C23H29NS. The number of hydrogen-bond acceptors (Lipinski definition) is 2. The Balaban J connectivity index is 1.70. The van der Waals surface area contributed by atoms with Crippen LogP contribution < -0.4 is 5.32 Å². The number of nitrogens with one attached hydrogen (secondary N) is 1. The first kappa shape index (κ1) is 17.0. The second-order valence-corrected chi connectivity index (χ2v) is 8.92. The maximum absolute atomic E-state index is 3.93. The van der Waals surface area contributed by atoms with Gasteiger partial charge in [0, 0.05) is 21.4 Å². The van der Waals surface area contributed by atoms with E-state index in [9.17, 15) is 0 Å². The van der Waals surface area contributed by atoms with Crippen LogP contribution in [0, 0.1) is 0 Å². The van der Waals surface area contributed by atoms with Crippen molar-refractivity contribution >= 4 is 17.4 Å². The van der Waals surface area contributed by atoms with Gasteiger partial charge >= 0.3 is 0 Å². The van der Waals surface area contributed by atoms with Crippen molar-refractivity contribution in [2.24, 2.45) is 0 Å². The first-order valence-electron chi connectivity index (χ1n) is 9.94. The molecule has 25 heavy (non-hydrogen) atoms. The minimum atomic E-state index is 0.0672. The van der Waals surface area contributed by atoms with Crippen molar-refractivity contribution < 1.29 is 0 Å². The molecular weight excluding hydrogens is 322 g/mol. The van der Waals surface area contributed by atoms with Crippen LogP contribution in [0.5, 0.6) is 0 Å². The summed E-state index contributed by atoms with van der Waals surface area (Å²) >= 11 is 2.09. The van der Waals surface area contributed by atoms with Crippen molar-refractivity contribution in [2.45, 2.75) is 74.5 Å². The molecule has 0 bridgehead atoms. The molecule has 1 heterocycles. The van der Waals surface area contributed by atoms with Crippen LogP contribution >= 0.6 is 11.8 Å². The summed E-state index contributed by atoms with van der Waals surface area (Å²) in [5.74, 6) is 0. The molecule has 1 aliphatic heterocycles. The highest BCUT2D eigenvalue weighted by Crippen LogP contribution is 2.48. The van der Waals surface area contributed by atoms with Gasteiger partial charge in [-0.2, -0.15) is 0 Å². The third kappa shape index (κ3) is 3.10. The van der Waals surface area contributed by atoms with Crippen LogP contribution in [0.1, 0.15) is 64.4 Å². The Morgan fingerprint density at radius 2 is 1.72 bits per heavy atom. The van der Waals surface area contributed by atoms with E-state index < -0.39 is 0 Å². The largest absolute Gasteiger partial charge is 0.375 e. The third-order valence-corrected chi connectivity index (χ3v) is 7.49. The maximum Gasteiger partial charge on any atom is 0.0626 e. The molecule has 2 aromatic rings. The van der Waals surface area contributed by atoms with Crippen LogP contribution in [0.2, 0.25) is 0 Å². The van der Waals surface area contributed by atoms with E-state index in [1.807, 2.05) is 0 Å². The van der Waals surface area contributed by atoms with Crippen LogP contribution in [0.25, 0.3) is 11.1 Å². The topological polar surface area (TPSA) is 12.0 Å². The van der Waals surface area contributed by atoms with Crippen LogP contribution in [-0.2, 0) is 5.54 Å². The fourth-order valence-corrected chi connectivity index (χ4v) is 5.86. The van der Waals surface area contributed by atoms with Gasteiger partial charge < -0.3 is 5.32 Å². The Labute approximate surface area is 156 Å². The third-order valence-electron chi connectivity index (χ3n) is 6.16. The van der Waals surface area contributed by atoms with Gasteiger partial charge in [0.1, 0.15) is 0 Å². The molecule has 0 spiro atoms. The molecule has 1 aliphatic carbocycles. The lowest BCUT2D eigenvalue weighted by Crippen LogP contribution is -2.37. The fourth-order valence-electron chi connectivity index (χ4n) is 4.58. The SMILES string of the molecule is CCC1(CC)Nc2cc(SC3CCCCC3)ccc2-c2ccccc21. The molecule has 0 unspecified atom stereocenters. The van der Waals surface area contributed by atoms with E-state index in [0.717, 1.165) is 18.1 Å². The lowest BCUT2D eigenvalue weighted by molar-refractivity contribution is 0.452. The lowest BCUT2D eigenvalue weighted by Gasteiger charge is -2.41. The summed E-state index contributed by atoms with van der Waals surface area (Å²) in [6, 6.07) is 16.0. The average Bonchev–Trinajstić information content (AvgIpc) is 2.68. The van der Waals surface area contributed by atoms with E-state index in [4.69, 9.17) is 0 Å². The molecule has 1 N–H and O–H groups in total. The molecule has 0 aromatic heterocycles. The Hall–Kier alpha value is -1.41. The van der Waals surface area contributed by atoms with Gasteiger partial charge in [0.05, 0.1) is 5.54 Å². The smallest absolute Gasteiger partial charge is 0.0626 e. The van der Waals surface area contributed by atoms with Crippen molar-refractivity contribution in [3.8, 4) is 11.1 Å². The minimum absolute atomic E-state index is 0.0672. The summed E-state index contributed by atoms with van der Waals surface area (Å²) in [6.45, 7) is 4.61. The van der Waals surface area contributed by atoms with Crippen molar-refractivity contribution in [1.82, 2.24) is 0 Å². The summed E-state index contributed by atoms with van der Waals surface area (Å²) in [4.78, 5) is 1.43. The number of benzene rings is 2. The summed E-state index contributed by atoms with van der Waals surface area (Å²) < 4.78 is 0. The quantitative estimate of drug-likeness (QED) is 0.624. The first-order valence-corrected chi connectivity index (χ1v) is 10.8. The molecule has 132 valence electrons. The van der Waals surface area contributed by atoms with Crippen molar-refractivity contribution in [1.29, 1.82) is 0 Å². The summed E-state index contributed by atoms with van der Waals surface area (Å²) in [5.41, 5.74) is 5.62. The molecule has 0 amide bonds. The molecule has 1 saturated carbocycles. The van der Waals surface area contributed by atoms with Crippen LogP contribution in [0.15, 0.2) is 47.4 Å². The van der Waals surface area contributed by atoms with Gasteiger partial charge in [-0.25, -0.2) is 0 Å². The van der Waals surface area contributed by atoms with Gasteiger partial charge in [-0.15, -0.1) is 11.8 Å². The van der Waals surface area contributed by atoms with E-state index in [2.05, 4.69) is 73.4 Å². The van der Waals surface area contributed by atoms with Gasteiger partial charge in [0.25, 0.3) is 0 Å². The highest BCUT2D eigenvalue weighted by Gasteiger charge is 2.35. The second kappa shape index (κ2) is 7.07. The zero-order valence-corrected chi connectivity index (χ0v) is 16.3. The predicted molar refractivity (Wildman–Crippen MR) is 110 cm³/mol. The predicted octanol–water partition coefficient (Wildman–Crippen LogP) is 7.22. The zero-order chi connectivity index (χ0) is 17.3. The maximum atomic E-state index is 3.93. The Bertz CT molecular complexity index is 742. The van der Waals surface area contributed by atoms with E-state index in [1.54, 1.807) is 0 Å². The average molecular weight is 352 g/mol. The molecule has 1 fully saturated rings. The van der Waals surface area contributed by atoms with Gasteiger partial charge in [0.15, 0.2) is 0 Å². The van der Waals surface area contributed by atoms with E-state index >= 15 is 0 Å². The molecule has 2 aromatic carbocycles. The molecule has 1 nitrogen and oxygen atoms in total. The monoisotopic (exact) mass is 351 g/mol. The van der Waals surface area contributed by atoms with E-state index in [-0.39, 0.29) is 5.54 Å². The van der Waals surface area contributed by atoms with Gasteiger partial charge in [0.2, 0.25) is 0 Å². The van der Waals surface area contributed by atoms with Crippen LogP contribution in [0.3, 0.4) is 0 Å². The Morgan fingerprint density at radius 1 is 0.960 bits per heavy atom. The van der Waals surface area contributed by atoms with Crippen molar-refractivity contribution in [2.75, 3.05) is 5.32 Å². The van der Waals surface area contributed by atoms with Crippen LogP contribution in [-0.4, -0.2) is 5.25 Å². The molecule has 4 rings (SSSR count). The van der Waals surface area contributed by atoms with Crippen LogP contribution in [0.4, 0.5) is 5.69 Å². The molecule has 2 heteroatoms. The molecule has 0 radical (unpaired) electrons. The highest BCUT2D eigenvalue weighted by molar-refractivity contribution is 8.00. The summed E-state index contributed by atoms with van der Waals surface area (Å²) in [5, 5.41) is 4.74. The zero-order valence-electron chi connectivity index (χ0n) is 15.5. The summed E-state index contributed by atoms with van der Waals surface area (Å²) in [6.07, 6.45) is 9.22. The van der Waals surface area contributed by atoms with Crippen molar-refractivity contribution in [3.05, 3.63) is 48.0 Å². The van der Waals surface area contributed by atoms with Gasteiger partial charge in [-0.3, -0.25) is 0 Å². The number of rotatable bonds is 4. The van der Waals surface area contributed by atoms with E-state index in [1.165, 1.54) is 59.4 Å².